The van der Waals surface area contributed by atoms with E-state index >= 15 is 0 Å². The van der Waals surface area contributed by atoms with Crippen LogP contribution >= 0.6 is 0 Å². The summed E-state index contributed by atoms with van der Waals surface area (Å²) in [4.78, 5) is 2.02. The molecule has 0 bridgehead atoms. The van der Waals surface area contributed by atoms with Gasteiger partial charge in [-0.1, -0.05) is 12.1 Å². The number of aliphatic hydroxyl groups excluding tert-OH is 3. The highest BCUT2D eigenvalue weighted by Crippen LogP contribution is 2.20. The number of nitrogens with zero attached hydrogens (tertiary/aromatic N) is 1. The molecule has 1 aromatic carbocycles. The number of rotatable bonds is 6. The molecule has 1 aromatic rings. The molecule has 0 spiro atoms. The molecule has 25 heavy (non-hydrogen) atoms. The molecule has 2 fully saturated rings. The van der Waals surface area contributed by atoms with Crippen molar-refractivity contribution in [2.45, 2.75) is 44.1 Å². The van der Waals surface area contributed by atoms with Crippen LogP contribution in [-0.4, -0.2) is 77.5 Å². The quantitative estimate of drug-likeness (QED) is 0.690. The number of piperidine rings is 1. The van der Waals surface area contributed by atoms with Crippen LogP contribution in [0.3, 0.4) is 0 Å². The fraction of sp³-hybridized carbons (Fsp3) is 0.684. The van der Waals surface area contributed by atoms with Crippen LogP contribution in [0.15, 0.2) is 24.3 Å². The first-order valence-corrected chi connectivity index (χ1v) is 9.12. The van der Waals surface area contributed by atoms with Crippen LogP contribution in [0.4, 0.5) is 0 Å². The second-order valence-corrected chi connectivity index (χ2v) is 7.22. The maximum atomic E-state index is 9.99. The summed E-state index contributed by atoms with van der Waals surface area (Å²) in [7, 11) is 0. The number of hydrogen-bond donors (Lipinski definition) is 3. The summed E-state index contributed by atoms with van der Waals surface area (Å²) >= 11 is 0. The Morgan fingerprint density at radius 2 is 1.92 bits per heavy atom. The van der Waals surface area contributed by atoms with Gasteiger partial charge in [-0.2, -0.15) is 0 Å². The van der Waals surface area contributed by atoms with Crippen molar-refractivity contribution < 1.29 is 24.8 Å². The van der Waals surface area contributed by atoms with Crippen LogP contribution in [0.1, 0.15) is 18.9 Å². The van der Waals surface area contributed by atoms with Gasteiger partial charge in [0.2, 0.25) is 0 Å². The lowest BCUT2D eigenvalue weighted by Gasteiger charge is -2.42. The molecule has 0 aliphatic carbocycles. The van der Waals surface area contributed by atoms with Crippen molar-refractivity contribution in [3.8, 4) is 5.75 Å². The van der Waals surface area contributed by atoms with E-state index in [1.807, 2.05) is 24.0 Å². The van der Waals surface area contributed by atoms with E-state index in [4.69, 9.17) is 9.47 Å². The van der Waals surface area contributed by atoms with E-state index in [9.17, 15) is 15.3 Å². The topological polar surface area (TPSA) is 82.4 Å². The fourth-order valence-electron chi connectivity index (χ4n) is 3.49. The molecule has 0 amide bonds. The molecular formula is C19H29NO5. The second kappa shape index (κ2) is 8.47. The molecule has 2 saturated heterocycles. The van der Waals surface area contributed by atoms with Crippen LogP contribution in [0.2, 0.25) is 0 Å². The van der Waals surface area contributed by atoms with E-state index in [1.165, 1.54) is 5.56 Å². The molecule has 0 aromatic heterocycles. The number of ether oxygens (including phenoxy) is 2. The highest BCUT2D eigenvalue weighted by atomic mass is 16.5. The highest BCUT2D eigenvalue weighted by Gasteiger charge is 2.38. The molecule has 5 atom stereocenters. The zero-order chi connectivity index (χ0) is 17.8. The maximum Gasteiger partial charge on any atom is 0.119 e. The molecule has 0 saturated carbocycles. The summed E-state index contributed by atoms with van der Waals surface area (Å²) in [6.45, 7) is 5.30. The van der Waals surface area contributed by atoms with Gasteiger partial charge in [0, 0.05) is 31.7 Å². The minimum absolute atomic E-state index is 0.172. The van der Waals surface area contributed by atoms with Gasteiger partial charge in [-0.25, -0.2) is 0 Å². The fourth-order valence-corrected chi connectivity index (χ4v) is 3.49. The number of hydrogen-bond acceptors (Lipinski definition) is 6. The predicted molar refractivity (Wildman–Crippen MR) is 93.6 cm³/mol. The van der Waals surface area contributed by atoms with Crippen LogP contribution in [0.25, 0.3) is 0 Å². The molecule has 140 valence electrons. The van der Waals surface area contributed by atoms with E-state index in [-0.39, 0.29) is 6.04 Å². The Kier molecular flexibility index (Phi) is 6.30. The summed E-state index contributed by atoms with van der Waals surface area (Å²) in [6, 6.07) is 7.90. The van der Waals surface area contributed by atoms with E-state index in [1.54, 1.807) is 0 Å². The van der Waals surface area contributed by atoms with Crippen molar-refractivity contribution >= 4 is 0 Å². The Hall–Kier alpha value is -1.18. The van der Waals surface area contributed by atoms with Crippen LogP contribution in [-0.2, 0) is 11.2 Å². The van der Waals surface area contributed by atoms with Gasteiger partial charge in [-0.05, 0) is 37.5 Å². The number of β-amino-alcohol motifs (C(OH)–C–C–N with tert-alkyl or cyclic N) is 1. The highest BCUT2D eigenvalue weighted by molar-refractivity contribution is 5.27. The van der Waals surface area contributed by atoms with Crippen LogP contribution in [0, 0.1) is 5.92 Å². The number of aliphatic hydroxyl groups is 3. The number of likely N-dealkylation sites (tertiary alicyclic amines) is 1. The van der Waals surface area contributed by atoms with Crippen molar-refractivity contribution in [3.63, 3.8) is 0 Å². The van der Waals surface area contributed by atoms with E-state index < -0.39 is 18.3 Å². The second-order valence-electron chi connectivity index (χ2n) is 7.22. The number of benzene rings is 1. The molecule has 0 radical (unpaired) electrons. The van der Waals surface area contributed by atoms with Gasteiger partial charge in [-0.3, -0.25) is 4.90 Å². The lowest BCUT2D eigenvalue weighted by Crippen LogP contribution is -2.60. The molecule has 6 nitrogen and oxygen atoms in total. The van der Waals surface area contributed by atoms with E-state index in [2.05, 4.69) is 12.1 Å². The van der Waals surface area contributed by atoms with Gasteiger partial charge in [0.05, 0.1) is 25.4 Å². The molecule has 1 unspecified atom stereocenters. The summed E-state index contributed by atoms with van der Waals surface area (Å²) in [6.07, 6.45) is -0.997. The van der Waals surface area contributed by atoms with Gasteiger partial charge >= 0.3 is 0 Å². The molecule has 2 aliphatic heterocycles. The third-order valence-corrected chi connectivity index (χ3v) is 5.36. The third-order valence-electron chi connectivity index (χ3n) is 5.36. The first kappa shape index (κ1) is 18.6. The molecule has 3 N–H and O–H groups in total. The van der Waals surface area contributed by atoms with Crippen molar-refractivity contribution in [1.82, 2.24) is 4.90 Å². The summed E-state index contributed by atoms with van der Waals surface area (Å²) in [5.41, 5.74) is 1.18. The van der Waals surface area contributed by atoms with E-state index in [0.29, 0.717) is 19.1 Å². The average molecular weight is 351 g/mol. The van der Waals surface area contributed by atoms with Crippen molar-refractivity contribution in [3.05, 3.63) is 29.8 Å². The largest absolute Gasteiger partial charge is 0.493 e. The zero-order valence-corrected chi connectivity index (χ0v) is 14.8. The van der Waals surface area contributed by atoms with Crippen LogP contribution < -0.4 is 4.74 Å². The summed E-state index contributed by atoms with van der Waals surface area (Å²) in [5.74, 6) is 1.37. The summed E-state index contributed by atoms with van der Waals surface area (Å²) < 4.78 is 11.2. The molecule has 2 heterocycles. The lowest BCUT2D eigenvalue weighted by molar-refractivity contribution is -0.132. The Labute approximate surface area is 149 Å². The molecule has 3 rings (SSSR count). The smallest absolute Gasteiger partial charge is 0.119 e. The maximum absolute atomic E-state index is 9.99. The Bertz CT molecular complexity index is 531. The normalized spacial score (nSPS) is 33.5. The van der Waals surface area contributed by atoms with E-state index in [0.717, 1.165) is 38.3 Å². The first-order chi connectivity index (χ1) is 12.0. The molecule has 6 heteroatoms. The predicted octanol–water partition coefficient (Wildman–Crippen LogP) is 0.431. The third kappa shape index (κ3) is 4.71. The lowest BCUT2D eigenvalue weighted by atomic mass is 9.94. The van der Waals surface area contributed by atoms with Gasteiger partial charge in [-0.15, -0.1) is 0 Å². The van der Waals surface area contributed by atoms with Gasteiger partial charge in [0.1, 0.15) is 11.9 Å². The Morgan fingerprint density at radius 1 is 1.16 bits per heavy atom. The monoisotopic (exact) mass is 351 g/mol. The Balaban J connectivity index is 1.46. The van der Waals surface area contributed by atoms with Crippen LogP contribution in [0.5, 0.6) is 5.75 Å². The zero-order valence-electron chi connectivity index (χ0n) is 14.8. The Morgan fingerprint density at radius 3 is 2.60 bits per heavy atom. The summed E-state index contributed by atoms with van der Waals surface area (Å²) in [5, 5.41) is 29.6. The van der Waals surface area contributed by atoms with Gasteiger partial charge in [0.15, 0.2) is 0 Å². The average Bonchev–Trinajstić information content (AvgIpc) is 3.14. The SMILES string of the molecule is C[C@@H]1[C@@H](O)[C@H](O)[C@@H](O)CN1CCc1ccc(OCC2CCOC2)cc1. The van der Waals surface area contributed by atoms with Crippen molar-refractivity contribution in [1.29, 1.82) is 0 Å². The molecule has 2 aliphatic rings. The first-order valence-electron chi connectivity index (χ1n) is 9.12. The molecular weight excluding hydrogens is 322 g/mol. The standard InChI is InChI=1S/C19H29NO5/c1-13-18(22)19(23)17(21)10-20(13)8-6-14-2-4-16(5-3-14)25-12-15-7-9-24-11-15/h2-5,13,15,17-19,21-23H,6-12H2,1H3/t13-,15?,17+,18-,19-/m1/s1. The van der Waals surface area contributed by atoms with Crippen molar-refractivity contribution in [2.75, 3.05) is 32.9 Å². The van der Waals surface area contributed by atoms with Gasteiger partial charge < -0.3 is 24.8 Å². The minimum atomic E-state index is -1.06. The minimum Gasteiger partial charge on any atom is -0.493 e. The van der Waals surface area contributed by atoms with Gasteiger partial charge in [0.25, 0.3) is 0 Å². The van der Waals surface area contributed by atoms with Crippen molar-refractivity contribution in [2.24, 2.45) is 5.92 Å².